The van der Waals surface area contributed by atoms with Gasteiger partial charge in [0.15, 0.2) is 0 Å². The van der Waals surface area contributed by atoms with Crippen molar-refractivity contribution in [1.82, 2.24) is 5.32 Å². The zero-order chi connectivity index (χ0) is 11.4. The molecule has 0 aliphatic heterocycles. The van der Waals surface area contributed by atoms with Gasteiger partial charge in [-0.1, -0.05) is 0 Å². The lowest BCUT2D eigenvalue weighted by Gasteiger charge is -2.30. The van der Waals surface area contributed by atoms with Crippen molar-refractivity contribution in [3.63, 3.8) is 0 Å². The lowest BCUT2D eigenvalue weighted by Crippen LogP contribution is -2.39. The summed E-state index contributed by atoms with van der Waals surface area (Å²) in [7, 11) is 0. The van der Waals surface area contributed by atoms with Crippen molar-refractivity contribution in [3.05, 3.63) is 0 Å². The van der Waals surface area contributed by atoms with E-state index in [0.717, 1.165) is 25.7 Å². The van der Waals surface area contributed by atoms with E-state index >= 15 is 0 Å². The molecule has 0 spiro atoms. The Labute approximate surface area is 90.0 Å². The quantitative estimate of drug-likeness (QED) is 0.744. The Hall–Kier alpha value is -1.06. The molecule has 4 heteroatoms. The lowest BCUT2D eigenvalue weighted by atomic mass is 9.79. The summed E-state index contributed by atoms with van der Waals surface area (Å²) < 4.78 is 0. The highest BCUT2D eigenvalue weighted by Gasteiger charge is 2.28. The molecule has 1 amide bonds. The van der Waals surface area contributed by atoms with E-state index in [0.29, 0.717) is 5.92 Å². The number of rotatable bonds is 3. The number of amides is 1. The van der Waals surface area contributed by atoms with E-state index in [1.165, 1.54) is 6.92 Å². The zero-order valence-corrected chi connectivity index (χ0v) is 9.32. The average Bonchev–Trinajstić information content (AvgIpc) is 2.17. The summed E-state index contributed by atoms with van der Waals surface area (Å²) in [5.74, 6) is -0.432. The number of aliphatic carboxylic acids is 1. The van der Waals surface area contributed by atoms with Crippen LogP contribution in [-0.4, -0.2) is 23.0 Å². The maximum atomic E-state index is 10.9. The number of carboxylic acids is 1. The molecule has 4 nitrogen and oxygen atoms in total. The van der Waals surface area contributed by atoms with Gasteiger partial charge in [-0.05, 0) is 38.5 Å². The molecule has 15 heavy (non-hydrogen) atoms. The number of carboxylic acid groups (broad SMARTS) is 1. The fourth-order valence-corrected chi connectivity index (χ4v) is 2.30. The van der Waals surface area contributed by atoms with Crippen molar-refractivity contribution >= 4 is 11.9 Å². The summed E-state index contributed by atoms with van der Waals surface area (Å²) in [5.41, 5.74) is 0. The second kappa shape index (κ2) is 5.14. The standard InChI is InChI=1S/C11H19NO3/c1-7(12-8(2)13)9-3-5-10(6-4-9)11(14)15/h7,9-10H,3-6H2,1-2H3,(H,12,13)(H,14,15)/t7?,9-,10-. The first-order valence-corrected chi connectivity index (χ1v) is 5.50. The van der Waals surface area contributed by atoms with Crippen LogP contribution in [0.25, 0.3) is 0 Å². The Balaban J connectivity index is 2.36. The molecule has 1 fully saturated rings. The van der Waals surface area contributed by atoms with Gasteiger partial charge in [-0.3, -0.25) is 9.59 Å². The van der Waals surface area contributed by atoms with Gasteiger partial charge in [0.25, 0.3) is 0 Å². The van der Waals surface area contributed by atoms with Gasteiger partial charge < -0.3 is 10.4 Å². The van der Waals surface area contributed by atoms with Gasteiger partial charge in [0, 0.05) is 13.0 Å². The first kappa shape index (κ1) is 12.0. The third-order valence-electron chi connectivity index (χ3n) is 3.26. The molecule has 1 aliphatic carbocycles. The van der Waals surface area contributed by atoms with Gasteiger partial charge in [0.2, 0.25) is 5.91 Å². The SMILES string of the molecule is CC(=O)NC(C)[C@H]1CC[C@H](C(=O)O)CC1. The van der Waals surface area contributed by atoms with Gasteiger partial charge in [0.1, 0.15) is 0 Å². The Kier molecular flexibility index (Phi) is 4.12. The number of hydrogen-bond acceptors (Lipinski definition) is 2. The maximum absolute atomic E-state index is 10.9. The van der Waals surface area contributed by atoms with Gasteiger partial charge in [-0.25, -0.2) is 0 Å². The minimum atomic E-state index is -0.680. The fourth-order valence-electron chi connectivity index (χ4n) is 2.30. The monoisotopic (exact) mass is 213 g/mol. The molecule has 0 aromatic rings. The highest BCUT2D eigenvalue weighted by Crippen LogP contribution is 2.30. The first-order valence-electron chi connectivity index (χ1n) is 5.50. The van der Waals surface area contributed by atoms with Crippen molar-refractivity contribution in [2.45, 2.75) is 45.6 Å². The average molecular weight is 213 g/mol. The summed E-state index contributed by atoms with van der Waals surface area (Å²) in [6.07, 6.45) is 3.28. The number of nitrogens with one attached hydrogen (secondary N) is 1. The number of carbonyl (C=O) groups is 2. The van der Waals surface area contributed by atoms with Crippen LogP contribution in [0, 0.1) is 11.8 Å². The summed E-state index contributed by atoms with van der Waals surface area (Å²) >= 11 is 0. The molecule has 0 heterocycles. The van der Waals surface area contributed by atoms with Gasteiger partial charge >= 0.3 is 5.97 Å². The van der Waals surface area contributed by atoms with E-state index < -0.39 is 5.97 Å². The molecule has 86 valence electrons. The molecule has 1 atom stereocenters. The Morgan fingerprint density at radius 3 is 2.20 bits per heavy atom. The predicted octanol–water partition coefficient (Wildman–Crippen LogP) is 1.40. The molecule has 1 rings (SSSR count). The Bertz CT molecular complexity index is 244. The van der Waals surface area contributed by atoms with Crippen LogP contribution < -0.4 is 5.32 Å². The van der Waals surface area contributed by atoms with E-state index in [2.05, 4.69) is 5.32 Å². The highest BCUT2D eigenvalue weighted by molar-refractivity contribution is 5.73. The van der Waals surface area contributed by atoms with Crippen molar-refractivity contribution in [2.24, 2.45) is 11.8 Å². The Morgan fingerprint density at radius 2 is 1.80 bits per heavy atom. The highest BCUT2D eigenvalue weighted by atomic mass is 16.4. The van der Waals surface area contributed by atoms with Crippen molar-refractivity contribution < 1.29 is 14.7 Å². The fraction of sp³-hybridized carbons (Fsp3) is 0.818. The smallest absolute Gasteiger partial charge is 0.306 e. The van der Waals surface area contributed by atoms with E-state index in [1.807, 2.05) is 6.92 Å². The minimum absolute atomic E-state index is 0.0112. The van der Waals surface area contributed by atoms with E-state index in [1.54, 1.807) is 0 Å². The molecular weight excluding hydrogens is 194 g/mol. The maximum Gasteiger partial charge on any atom is 0.306 e. The van der Waals surface area contributed by atoms with Crippen molar-refractivity contribution in [3.8, 4) is 0 Å². The Morgan fingerprint density at radius 1 is 1.27 bits per heavy atom. The van der Waals surface area contributed by atoms with Gasteiger partial charge in [-0.15, -0.1) is 0 Å². The summed E-state index contributed by atoms with van der Waals surface area (Å²) in [5, 5.41) is 11.7. The normalized spacial score (nSPS) is 28.1. The van der Waals surface area contributed by atoms with E-state index in [-0.39, 0.29) is 17.9 Å². The van der Waals surface area contributed by atoms with Crippen LogP contribution in [-0.2, 0) is 9.59 Å². The second-order valence-electron chi connectivity index (χ2n) is 4.44. The summed E-state index contributed by atoms with van der Waals surface area (Å²) in [6.45, 7) is 3.51. The molecule has 0 aromatic heterocycles. The number of hydrogen-bond donors (Lipinski definition) is 2. The van der Waals surface area contributed by atoms with Crippen LogP contribution >= 0.6 is 0 Å². The van der Waals surface area contributed by atoms with Crippen LogP contribution in [0.5, 0.6) is 0 Å². The molecule has 0 radical (unpaired) electrons. The molecule has 1 saturated carbocycles. The van der Waals surface area contributed by atoms with E-state index in [9.17, 15) is 9.59 Å². The largest absolute Gasteiger partial charge is 0.481 e. The second-order valence-corrected chi connectivity index (χ2v) is 4.44. The molecule has 1 aliphatic rings. The third-order valence-corrected chi connectivity index (χ3v) is 3.26. The predicted molar refractivity (Wildman–Crippen MR) is 56.4 cm³/mol. The molecule has 0 saturated heterocycles. The van der Waals surface area contributed by atoms with Gasteiger partial charge in [-0.2, -0.15) is 0 Å². The molecule has 0 aromatic carbocycles. The summed E-state index contributed by atoms with van der Waals surface area (Å²) in [4.78, 5) is 21.6. The lowest BCUT2D eigenvalue weighted by molar-refractivity contribution is -0.143. The van der Waals surface area contributed by atoms with Crippen molar-refractivity contribution in [2.75, 3.05) is 0 Å². The minimum Gasteiger partial charge on any atom is -0.481 e. The van der Waals surface area contributed by atoms with Gasteiger partial charge in [0.05, 0.1) is 5.92 Å². The third kappa shape index (κ3) is 3.53. The molecule has 1 unspecified atom stereocenters. The van der Waals surface area contributed by atoms with Crippen LogP contribution in [0.2, 0.25) is 0 Å². The molecular formula is C11H19NO3. The van der Waals surface area contributed by atoms with Crippen LogP contribution in [0.4, 0.5) is 0 Å². The van der Waals surface area contributed by atoms with Crippen LogP contribution in [0.1, 0.15) is 39.5 Å². The zero-order valence-electron chi connectivity index (χ0n) is 9.32. The van der Waals surface area contributed by atoms with Crippen molar-refractivity contribution in [1.29, 1.82) is 0 Å². The van der Waals surface area contributed by atoms with Crippen LogP contribution in [0.15, 0.2) is 0 Å². The van der Waals surface area contributed by atoms with Crippen LogP contribution in [0.3, 0.4) is 0 Å². The molecule has 0 bridgehead atoms. The first-order chi connectivity index (χ1) is 7.00. The van der Waals surface area contributed by atoms with E-state index in [4.69, 9.17) is 5.11 Å². The molecule has 2 N–H and O–H groups in total. The topological polar surface area (TPSA) is 66.4 Å². The summed E-state index contributed by atoms with van der Waals surface area (Å²) in [6, 6.07) is 0.164. The number of carbonyl (C=O) groups excluding carboxylic acids is 1.